The van der Waals surface area contributed by atoms with Crippen LogP contribution < -0.4 is 4.74 Å². The first-order chi connectivity index (χ1) is 9.88. The summed E-state index contributed by atoms with van der Waals surface area (Å²) in [5.41, 5.74) is 0.515. The molecule has 1 aromatic rings. The van der Waals surface area contributed by atoms with Gasteiger partial charge in [0.2, 0.25) is 10.0 Å². The fraction of sp³-hybridized carbons (Fsp3) is 0.467. The molecule has 0 aromatic heterocycles. The Morgan fingerprint density at radius 1 is 1.43 bits per heavy atom. The highest BCUT2D eigenvalue weighted by Gasteiger charge is 2.27. The number of ether oxygens (including phenoxy) is 1. The zero-order valence-electron chi connectivity index (χ0n) is 12.8. The molecule has 0 saturated carbocycles. The standard InChI is InChI=1S/C15H21NO4S/c1-5-12(2)16(3)21(18,19)15-11-13(7-6-10-17)8-9-14(15)20-4/h8-9,11-12,17H,5,10H2,1-4H3. The average molecular weight is 311 g/mol. The fourth-order valence-corrected chi connectivity index (χ4v) is 3.36. The van der Waals surface area contributed by atoms with Crippen LogP contribution in [0.2, 0.25) is 0 Å². The zero-order valence-corrected chi connectivity index (χ0v) is 13.6. The molecule has 0 aliphatic heterocycles. The van der Waals surface area contributed by atoms with Gasteiger partial charge in [0, 0.05) is 18.7 Å². The monoisotopic (exact) mass is 311 g/mol. The van der Waals surface area contributed by atoms with Crippen molar-refractivity contribution < 1.29 is 18.3 Å². The molecular weight excluding hydrogens is 290 g/mol. The van der Waals surface area contributed by atoms with Crippen LogP contribution in [-0.2, 0) is 10.0 Å². The van der Waals surface area contributed by atoms with E-state index in [2.05, 4.69) is 11.8 Å². The van der Waals surface area contributed by atoms with Crippen LogP contribution in [0.5, 0.6) is 5.75 Å². The van der Waals surface area contributed by atoms with Gasteiger partial charge < -0.3 is 9.84 Å². The van der Waals surface area contributed by atoms with E-state index in [0.29, 0.717) is 12.0 Å². The van der Waals surface area contributed by atoms with Crippen molar-refractivity contribution in [2.45, 2.75) is 31.2 Å². The molecular formula is C15H21NO4S. The second kappa shape index (κ2) is 7.46. The number of aliphatic hydroxyl groups excluding tert-OH is 1. The van der Waals surface area contributed by atoms with Crippen molar-refractivity contribution in [3.8, 4) is 17.6 Å². The predicted octanol–water partition coefficient (Wildman–Crippen LogP) is 1.46. The molecule has 1 unspecified atom stereocenters. The van der Waals surface area contributed by atoms with E-state index in [1.54, 1.807) is 19.2 Å². The Morgan fingerprint density at radius 3 is 2.62 bits per heavy atom. The summed E-state index contributed by atoms with van der Waals surface area (Å²) in [4.78, 5) is 0.0811. The first kappa shape index (κ1) is 17.5. The first-order valence-corrected chi connectivity index (χ1v) is 8.08. The first-order valence-electron chi connectivity index (χ1n) is 6.64. The Balaban J connectivity index is 3.38. The van der Waals surface area contributed by atoms with Crippen molar-refractivity contribution in [3.63, 3.8) is 0 Å². The van der Waals surface area contributed by atoms with Gasteiger partial charge in [0.05, 0.1) is 7.11 Å². The van der Waals surface area contributed by atoms with E-state index in [0.717, 1.165) is 0 Å². The smallest absolute Gasteiger partial charge is 0.246 e. The molecule has 0 saturated heterocycles. The van der Waals surface area contributed by atoms with Crippen LogP contribution in [0.3, 0.4) is 0 Å². The number of aliphatic hydroxyl groups is 1. The van der Waals surface area contributed by atoms with E-state index in [9.17, 15) is 8.42 Å². The Kier molecular flexibility index (Phi) is 6.21. The molecule has 1 aromatic carbocycles. The van der Waals surface area contributed by atoms with Crippen molar-refractivity contribution in [2.75, 3.05) is 20.8 Å². The lowest BCUT2D eigenvalue weighted by atomic mass is 10.2. The number of hydrogen-bond donors (Lipinski definition) is 1. The van der Waals surface area contributed by atoms with Crippen LogP contribution in [-0.4, -0.2) is 44.6 Å². The maximum atomic E-state index is 12.7. The second-order valence-corrected chi connectivity index (χ2v) is 6.57. The van der Waals surface area contributed by atoms with Crippen LogP contribution in [0.1, 0.15) is 25.8 Å². The molecule has 116 valence electrons. The van der Waals surface area contributed by atoms with E-state index in [-0.39, 0.29) is 23.3 Å². The average Bonchev–Trinajstić information content (AvgIpc) is 2.50. The molecule has 21 heavy (non-hydrogen) atoms. The third-order valence-electron chi connectivity index (χ3n) is 3.34. The molecule has 0 spiro atoms. The molecule has 0 bridgehead atoms. The largest absolute Gasteiger partial charge is 0.495 e. The van der Waals surface area contributed by atoms with E-state index in [4.69, 9.17) is 9.84 Å². The Hall–Kier alpha value is -1.55. The quantitative estimate of drug-likeness (QED) is 0.836. The molecule has 0 aliphatic rings. The molecule has 0 heterocycles. The summed E-state index contributed by atoms with van der Waals surface area (Å²) < 4.78 is 31.9. The van der Waals surface area contributed by atoms with Crippen molar-refractivity contribution in [1.29, 1.82) is 0 Å². The molecule has 1 N–H and O–H groups in total. The summed E-state index contributed by atoms with van der Waals surface area (Å²) >= 11 is 0. The van der Waals surface area contributed by atoms with Crippen LogP contribution in [0.25, 0.3) is 0 Å². The van der Waals surface area contributed by atoms with E-state index in [1.807, 2.05) is 13.8 Å². The molecule has 0 amide bonds. The lowest BCUT2D eigenvalue weighted by Crippen LogP contribution is -2.34. The summed E-state index contributed by atoms with van der Waals surface area (Å²) in [6.07, 6.45) is 0.710. The Bertz CT molecular complexity index is 643. The topological polar surface area (TPSA) is 66.8 Å². The highest BCUT2D eigenvalue weighted by Crippen LogP contribution is 2.28. The number of rotatable bonds is 5. The van der Waals surface area contributed by atoms with Crippen LogP contribution in [0.15, 0.2) is 23.1 Å². The molecule has 6 heteroatoms. The summed E-state index contributed by atoms with van der Waals surface area (Å²) in [5.74, 6) is 5.48. The molecule has 1 rings (SSSR count). The van der Waals surface area contributed by atoms with Gasteiger partial charge >= 0.3 is 0 Å². The van der Waals surface area contributed by atoms with Crippen LogP contribution in [0.4, 0.5) is 0 Å². The molecule has 5 nitrogen and oxygen atoms in total. The van der Waals surface area contributed by atoms with Gasteiger partial charge in [-0.15, -0.1) is 0 Å². The van der Waals surface area contributed by atoms with Gasteiger partial charge in [-0.25, -0.2) is 8.42 Å². The number of benzene rings is 1. The van der Waals surface area contributed by atoms with Crippen LogP contribution >= 0.6 is 0 Å². The van der Waals surface area contributed by atoms with Gasteiger partial charge in [0.25, 0.3) is 0 Å². The number of sulfonamides is 1. The summed E-state index contributed by atoms with van der Waals surface area (Å²) in [6.45, 7) is 3.50. The van der Waals surface area contributed by atoms with Gasteiger partial charge in [-0.05, 0) is 31.5 Å². The van der Waals surface area contributed by atoms with Gasteiger partial charge in [-0.3, -0.25) is 0 Å². The summed E-state index contributed by atoms with van der Waals surface area (Å²) in [7, 11) is -0.685. The van der Waals surface area contributed by atoms with Gasteiger partial charge in [0.1, 0.15) is 17.3 Å². The minimum Gasteiger partial charge on any atom is -0.495 e. The van der Waals surface area contributed by atoms with E-state index >= 15 is 0 Å². The molecule has 0 aliphatic carbocycles. The van der Waals surface area contributed by atoms with Gasteiger partial charge in [-0.2, -0.15) is 4.31 Å². The lowest BCUT2D eigenvalue weighted by Gasteiger charge is -2.24. The van der Waals surface area contributed by atoms with Gasteiger partial charge in [0.15, 0.2) is 0 Å². The Labute approximate surface area is 126 Å². The normalized spacial score (nSPS) is 12.7. The minimum atomic E-state index is -3.66. The van der Waals surface area contributed by atoms with Crippen molar-refractivity contribution in [3.05, 3.63) is 23.8 Å². The maximum Gasteiger partial charge on any atom is 0.246 e. The lowest BCUT2D eigenvalue weighted by molar-refractivity contribution is 0.350. The van der Waals surface area contributed by atoms with Crippen molar-refractivity contribution in [1.82, 2.24) is 4.31 Å². The predicted molar refractivity (Wildman–Crippen MR) is 81.7 cm³/mol. The van der Waals surface area contributed by atoms with Crippen LogP contribution in [0, 0.1) is 11.8 Å². The highest BCUT2D eigenvalue weighted by molar-refractivity contribution is 7.89. The number of hydrogen-bond acceptors (Lipinski definition) is 4. The summed E-state index contributed by atoms with van der Waals surface area (Å²) in [6, 6.07) is 4.57. The fourth-order valence-electron chi connectivity index (χ4n) is 1.75. The summed E-state index contributed by atoms with van der Waals surface area (Å²) in [5, 5.41) is 8.73. The second-order valence-electron chi connectivity index (χ2n) is 4.60. The maximum absolute atomic E-state index is 12.7. The number of nitrogens with zero attached hydrogens (tertiary/aromatic N) is 1. The van der Waals surface area contributed by atoms with Gasteiger partial charge in [-0.1, -0.05) is 18.8 Å². The van der Waals surface area contributed by atoms with Crippen molar-refractivity contribution in [2.24, 2.45) is 0 Å². The molecule has 0 fully saturated rings. The number of methoxy groups -OCH3 is 1. The van der Waals surface area contributed by atoms with E-state index < -0.39 is 10.0 Å². The third-order valence-corrected chi connectivity index (χ3v) is 5.34. The minimum absolute atomic E-state index is 0.0811. The van der Waals surface area contributed by atoms with E-state index in [1.165, 1.54) is 17.5 Å². The SMILES string of the molecule is CCC(C)N(C)S(=O)(=O)c1cc(C#CCO)ccc1OC. The third kappa shape index (κ3) is 3.97. The highest BCUT2D eigenvalue weighted by atomic mass is 32.2. The zero-order chi connectivity index (χ0) is 16.0. The molecule has 1 atom stereocenters. The van der Waals surface area contributed by atoms with Crippen molar-refractivity contribution >= 4 is 10.0 Å². The molecule has 0 radical (unpaired) electrons. The Morgan fingerprint density at radius 2 is 2.10 bits per heavy atom.